The minimum atomic E-state index is 0.755. The smallest absolute Gasteiger partial charge is 0.0811 e. The van der Waals surface area contributed by atoms with Gasteiger partial charge in [-0.15, -0.1) is 11.3 Å². The zero-order valence-electron chi connectivity index (χ0n) is 8.57. The Morgan fingerprint density at radius 2 is 2.13 bits per heavy atom. The third-order valence-corrected chi connectivity index (χ3v) is 3.05. The predicted octanol–water partition coefficient (Wildman–Crippen LogP) is 3.53. The highest BCUT2D eigenvalue weighted by atomic mass is 35.5. The van der Waals surface area contributed by atoms with E-state index in [-0.39, 0.29) is 0 Å². The molecule has 2 rings (SSSR count). The van der Waals surface area contributed by atoms with E-state index in [9.17, 15) is 0 Å². The first-order valence-electron chi connectivity index (χ1n) is 4.54. The Labute approximate surface area is 98.1 Å². The summed E-state index contributed by atoms with van der Waals surface area (Å²) in [5.41, 5.74) is 4.89. The van der Waals surface area contributed by atoms with Crippen molar-refractivity contribution in [3.05, 3.63) is 34.1 Å². The van der Waals surface area contributed by atoms with Crippen molar-refractivity contribution < 1.29 is 0 Å². The van der Waals surface area contributed by atoms with E-state index in [1.54, 1.807) is 11.3 Å². The van der Waals surface area contributed by atoms with Crippen LogP contribution in [-0.2, 0) is 0 Å². The second kappa shape index (κ2) is 4.21. The Bertz CT molecular complexity index is 452. The van der Waals surface area contributed by atoms with Crippen LogP contribution in [0.1, 0.15) is 0 Å². The SMILES string of the molecule is CN(C)c1ccc(-c2cscn2)cc1Cl. The molecule has 0 aliphatic carbocycles. The molecule has 1 heterocycles. The highest BCUT2D eigenvalue weighted by Gasteiger charge is 2.05. The van der Waals surface area contributed by atoms with E-state index in [2.05, 4.69) is 4.98 Å². The summed E-state index contributed by atoms with van der Waals surface area (Å²) >= 11 is 7.76. The summed E-state index contributed by atoms with van der Waals surface area (Å²) < 4.78 is 0. The predicted molar refractivity (Wildman–Crippen MR) is 66.9 cm³/mol. The monoisotopic (exact) mass is 238 g/mol. The summed E-state index contributed by atoms with van der Waals surface area (Å²) in [5.74, 6) is 0. The van der Waals surface area contributed by atoms with Crippen molar-refractivity contribution in [2.75, 3.05) is 19.0 Å². The molecule has 15 heavy (non-hydrogen) atoms. The van der Waals surface area contributed by atoms with Gasteiger partial charge in [-0.1, -0.05) is 17.7 Å². The average molecular weight is 239 g/mol. The minimum absolute atomic E-state index is 0.755. The van der Waals surface area contributed by atoms with Crippen molar-refractivity contribution in [1.82, 2.24) is 4.98 Å². The molecule has 0 atom stereocenters. The summed E-state index contributed by atoms with van der Waals surface area (Å²) in [6, 6.07) is 6.00. The van der Waals surface area contributed by atoms with Crippen molar-refractivity contribution in [2.24, 2.45) is 0 Å². The fourth-order valence-electron chi connectivity index (χ4n) is 1.38. The van der Waals surface area contributed by atoms with Crippen molar-refractivity contribution in [1.29, 1.82) is 0 Å². The lowest BCUT2D eigenvalue weighted by Crippen LogP contribution is -2.08. The molecule has 0 bridgehead atoms. The molecule has 0 aliphatic heterocycles. The maximum atomic E-state index is 6.18. The summed E-state index contributed by atoms with van der Waals surface area (Å²) in [6.07, 6.45) is 0. The molecule has 0 saturated carbocycles. The zero-order valence-corrected chi connectivity index (χ0v) is 10.1. The molecule has 1 aromatic carbocycles. The van der Waals surface area contributed by atoms with Gasteiger partial charge in [-0.2, -0.15) is 0 Å². The van der Waals surface area contributed by atoms with Crippen molar-refractivity contribution in [3.8, 4) is 11.3 Å². The molecule has 2 aromatic rings. The Kier molecular flexibility index (Phi) is 2.93. The van der Waals surface area contributed by atoms with Gasteiger partial charge in [-0.05, 0) is 12.1 Å². The Hall–Kier alpha value is -1.06. The lowest BCUT2D eigenvalue weighted by Gasteiger charge is -2.14. The Morgan fingerprint density at radius 3 is 2.67 bits per heavy atom. The highest BCUT2D eigenvalue weighted by molar-refractivity contribution is 7.07. The summed E-state index contributed by atoms with van der Waals surface area (Å²) in [6.45, 7) is 0. The molecule has 4 heteroatoms. The average Bonchev–Trinajstić information content (AvgIpc) is 2.69. The highest BCUT2D eigenvalue weighted by Crippen LogP contribution is 2.29. The van der Waals surface area contributed by atoms with Crippen molar-refractivity contribution in [3.63, 3.8) is 0 Å². The van der Waals surface area contributed by atoms with E-state index in [4.69, 9.17) is 11.6 Å². The van der Waals surface area contributed by atoms with Gasteiger partial charge in [0.1, 0.15) is 0 Å². The topological polar surface area (TPSA) is 16.1 Å². The molecule has 0 fully saturated rings. The van der Waals surface area contributed by atoms with Gasteiger partial charge >= 0.3 is 0 Å². The summed E-state index contributed by atoms with van der Waals surface area (Å²) in [4.78, 5) is 6.24. The molecule has 78 valence electrons. The quantitative estimate of drug-likeness (QED) is 0.796. The van der Waals surface area contributed by atoms with Crippen LogP contribution in [0.5, 0.6) is 0 Å². The third kappa shape index (κ3) is 2.13. The molecular formula is C11H11ClN2S. The standard InChI is InChI=1S/C11H11ClN2S/c1-14(2)11-4-3-8(5-9(11)12)10-6-15-7-13-10/h3-7H,1-2H3. The molecule has 2 nitrogen and oxygen atoms in total. The lowest BCUT2D eigenvalue weighted by molar-refractivity contribution is 1.13. The molecule has 0 spiro atoms. The van der Waals surface area contributed by atoms with Gasteiger partial charge in [-0.3, -0.25) is 0 Å². The molecule has 0 amide bonds. The van der Waals surface area contributed by atoms with Crippen LogP contribution in [0.25, 0.3) is 11.3 Å². The number of anilines is 1. The van der Waals surface area contributed by atoms with Crippen LogP contribution in [0.4, 0.5) is 5.69 Å². The van der Waals surface area contributed by atoms with Crippen LogP contribution in [0.15, 0.2) is 29.1 Å². The Morgan fingerprint density at radius 1 is 1.33 bits per heavy atom. The Balaban J connectivity index is 2.42. The number of halogens is 1. The number of rotatable bonds is 2. The van der Waals surface area contributed by atoms with E-state index in [1.165, 1.54) is 0 Å². The normalized spacial score (nSPS) is 10.3. The van der Waals surface area contributed by atoms with Gasteiger partial charge in [-0.25, -0.2) is 4.98 Å². The van der Waals surface area contributed by atoms with Crippen LogP contribution >= 0.6 is 22.9 Å². The molecule has 0 aliphatic rings. The van der Waals surface area contributed by atoms with E-state index in [0.29, 0.717) is 0 Å². The molecular weight excluding hydrogens is 228 g/mol. The van der Waals surface area contributed by atoms with Crippen molar-refractivity contribution in [2.45, 2.75) is 0 Å². The maximum absolute atomic E-state index is 6.18. The van der Waals surface area contributed by atoms with E-state index in [0.717, 1.165) is 22.0 Å². The molecule has 0 saturated heterocycles. The van der Waals surface area contributed by atoms with E-state index >= 15 is 0 Å². The van der Waals surface area contributed by atoms with Gasteiger partial charge in [0.05, 0.1) is 21.9 Å². The number of nitrogens with zero attached hydrogens (tertiary/aromatic N) is 2. The van der Waals surface area contributed by atoms with Gasteiger partial charge in [0.15, 0.2) is 0 Å². The summed E-state index contributed by atoms with van der Waals surface area (Å²) in [7, 11) is 3.95. The van der Waals surface area contributed by atoms with Gasteiger partial charge in [0.25, 0.3) is 0 Å². The second-order valence-corrected chi connectivity index (χ2v) is 4.56. The first-order chi connectivity index (χ1) is 7.18. The lowest BCUT2D eigenvalue weighted by atomic mass is 10.1. The van der Waals surface area contributed by atoms with Crippen LogP contribution < -0.4 is 4.90 Å². The van der Waals surface area contributed by atoms with Crippen molar-refractivity contribution >= 4 is 28.6 Å². The fraction of sp³-hybridized carbons (Fsp3) is 0.182. The van der Waals surface area contributed by atoms with E-state index in [1.807, 2.05) is 48.1 Å². The van der Waals surface area contributed by atoms with E-state index < -0.39 is 0 Å². The number of aromatic nitrogens is 1. The van der Waals surface area contributed by atoms with Gasteiger partial charge in [0.2, 0.25) is 0 Å². The van der Waals surface area contributed by atoms with Crippen LogP contribution in [0, 0.1) is 0 Å². The fourth-order valence-corrected chi connectivity index (χ4v) is 2.29. The van der Waals surface area contributed by atoms with Crippen LogP contribution in [0.2, 0.25) is 5.02 Å². The molecule has 0 radical (unpaired) electrons. The molecule has 0 N–H and O–H groups in total. The van der Waals surface area contributed by atoms with Gasteiger partial charge < -0.3 is 4.90 Å². The largest absolute Gasteiger partial charge is 0.376 e. The third-order valence-electron chi connectivity index (χ3n) is 2.16. The second-order valence-electron chi connectivity index (χ2n) is 3.43. The zero-order chi connectivity index (χ0) is 10.8. The molecule has 1 aromatic heterocycles. The van der Waals surface area contributed by atoms with Crippen LogP contribution in [-0.4, -0.2) is 19.1 Å². The maximum Gasteiger partial charge on any atom is 0.0811 e. The first-order valence-corrected chi connectivity index (χ1v) is 5.86. The van der Waals surface area contributed by atoms with Crippen LogP contribution in [0.3, 0.4) is 0 Å². The van der Waals surface area contributed by atoms with Gasteiger partial charge in [0, 0.05) is 25.0 Å². The minimum Gasteiger partial charge on any atom is -0.376 e. The molecule has 0 unspecified atom stereocenters. The number of thiazole rings is 1. The number of hydrogen-bond donors (Lipinski definition) is 0. The number of hydrogen-bond acceptors (Lipinski definition) is 3. The first kappa shape index (κ1) is 10.5. The summed E-state index contributed by atoms with van der Waals surface area (Å²) in [5, 5.41) is 2.77. The number of benzene rings is 1.